The van der Waals surface area contributed by atoms with Crippen molar-refractivity contribution in [2.24, 2.45) is 0 Å². The number of carbonyl (C=O) groups is 1. The van der Waals surface area contributed by atoms with Crippen LogP contribution in [0.3, 0.4) is 0 Å². The summed E-state index contributed by atoms with van der Waals surface area (Å²) in [5.41, 5.74) is 0.821. The lowest BCUT2D eigenvalue weighted by atomic mass is 10.2. The third-order valence-electron chi connectivity index (χ3n) is 2.44. The molecule has 0 saturated heterocycles. The molecule has 0 spiro atoms. The maximum absolute atomic E-state index is 11.6. The monoisotopic (exact) mass is 279 g/mol. The van der Waals surface area contributed by atoms with E-state index >= 15 is 0 Å². The van der Waals surface area contributed by atoms with E-state index in [2.05, 4.69) is 10.1 Å². The third kappa shape index (κ3) is 5.07. The van der Waals surface area contributed by atoms with Crippen LogP contribution in [0.25, 0.3) is 0 Å². The molecule has 0 aliphatic carbocycles. The van der Waals surface area contributed by atoms with E-state index in [1.165, 1.54) is 6.92 Å². The molecular weight excluding hydrogens is 262 g/mol. The van der Waals surface area contributed by atoms with Gasteiger partial charge in [0, 0.05) is 0 Å². The Labute approximate surface area is 116 Å². The van der Waals surface area contributed by atoms with Gasteiger partial charge >= 0.3 is 6.09 Å². The molecule has 0 radical (unpaired) electrons. The topological polar surface area (TPSA) is 115 Å². The van der Waals surface area contributed by atoms with Gasteiger partial charge in [0.15, 0.2) is 6.40 Å². The number of nitrogens with one attached hydrogen (secondary N) is 3. The summed E-state index contributed by atoms with van der Waals surface area (Å²) in [4.78, 5) is 11.6. The average Bonchev–Trinajstić information content (AvgIpc) is 2.43. The predicted molar refractivity (Wildman–Crippen MR) is 72.8 cm³/mol. The summed E-state index contributed by atoms with van der Waals surface area (Å²) in [6, 6.07) is 8.04. The zero-order chi connectivity index (χ0) is 15.0. The average molecular weight is 279 g/mol. The van der Waals surface area contributed by atoms with Gasteiger partial charge in [0.2, 0.25) is 5.90 Å². The highest BCUT2D eigenvalue weighted by atomic mass is 16.5. The minimum atomic E-state index is -1.07. The predicted octanol–water partition coefficient (Wildman–Crippen LogP) is 1.26. The Morgan fingerprint density at radius 3 is 2.65 bits per heavy atom. The van der Waals surface area contributed by atoms with Crippen LogP contribution in [0.1, 0.15) is 12.5 Å². The molecule has 0 bridgehead atoms. The van der Waals surface area contributed by atoms with Crippen LogP contribution in [0.4, 0.5) is 4.79 Å². The second-order valence-corrected chi connectivity index (χ2v) is 4.02. The maximum atomic E-state index is 11.6. The van der Waals surface area contributed by atoms with E-state index in [1.807, 2.05) is 18.2 Å². The summed E-state index contributed by atoms with van der Waals surface area (Å²) < 4.78 is 9.49. The maximum Gasteiger partial charge on any atom is 0.408 e. The summed E-state index contributed by atoms with van der Waals surface area (Å²) in [6.07, 6.45) is -1.28. The fourth-order valence-corrected chi connectivity index (χ4v) is 1.43. The molecule has 4 N–H and O–H groups in total. The number of aliphatic hydroxyl groups excluding tert-OH is 1. The van der Waals surface area contributed by atoms with Gasteiger partial charge in [-0.15, -0.1) is 0 Å². The first-order chi connectivity index (χ1) is 9.54. The molecule has 108 valence electrons. The van der Waals surface area contributed by atoms with Crippen molar-refractivity contribution in [1.82, 2.24) is 5.32 Å². The van der Waals surface area contributed by atoms with Gasteiger partial charge in [-0.1, -0.05) is 30.3 Å². The Hall–Kier alpha value is -2.41. The van der Waals surface area contributed by atoms with Gasteiger partial charge < -0.3 is 19.9 Å². The number of rotatable bonds is 6. The molecule has 0 aliphatic heterocycles. The summed E-state index contributed by atoms with van der Waals surface area (Å²) in [7, 11) is 0. The van der Waals surface area contributed by atoms with Crippen LogP contribution in [-0.4, -0.2) is 35.6 Å². The van der Waals surface area contributed by atoms with Crippen LogP contribution in [0.15, 0.2) is 30.3 Å². The molecule has 20 heavy (non-hydrogen) atoms. The molecule has 1 aromatic rings. The molecule has 0 aliphatic rings. The highest BCUT2D eigenvalue weighted by Crippen LogP contribution is 2.02. The number of aliphatic hydroxyl groups is 1. The molecular formula is C13H17N3O4. The van der Waals surface area contributed by atoms with Crippen LogP contribution in [0, 0.1) is 10.8 Å². The number of hydrogen-bond acceptors (Lipinski definition) is 6. The number of carbonyl (C=O) groups excluding carboxylic acids is 1. The lowest BCUT2D eigenvalue weighted by Crippen LogP contribution is -2.48. The van der Waals surface area contributed by atoms with Crippen molar-refractivity contribution in [3.05, 3.63) is 35.9 Å². The molecule has 1 amide bonds. The summed E-state index contributed by atoms with van der Waals surface area (Å²) in [5, 5.41) is 26.0. The van der Waals surface area contributed by atoms with Crippen LogP contribution in [0.2, 0.25) is 0 Å². The van der Waals surface area contributed by atoms with Crippen LogP contribution in [0.5, 0.6) is 0 Å². The Morgan fingerprint density at radius 2 is 2.10 bits per heavy atom. The van der Waals surface area contributed by atoms with Crippen molar-refractivity contribution in [3.63, 3.8) is 0 Å². The van der Waals surface area contributed by atoms with E-state index in [0.717, 1.165) is 5.56 Å². The Bertz CT molecular complexity index is 462. The number of alkyl carbamates (subject to hydrolysis) is 1. The molecule has 7 nitrogen and oxygen atoms in total. The van der Waals surface area contributed by atoms with Crippen molar-refractivity contribution in [2.45, 2.75) is 25.7 Å². The van der Waals surface area contributed by atoms with Crippen molar-refractivity contribution >= 4 is 18.4 Å². The molecule has 0 aromatic heterocycles. The molecule has 1 rings (SSSR count). The number of hydrogen-bond donors (Lipinski definition) is 4. The molecule has 0 unspecified atom stereocenters. The summed E-state index contributed by atoms with van der Waals surface area (Å²) in [5.74, 6) is -0.438. The first-order valence-corrected chi connectivity index (χ1v) is 5.94. The molecule has 0 saturated carbocycles. The first-order valence-electron chi connectivity index (χ1n) is 5.94. The zero-order valence-corrected chi connectivity index (χ0v) is 11.0. The van der Waals surface area contributed by atoms with Gasteiger partial charge in [-0.3, -0.25) is 10.8 Å². The van der Waals surface area contributed by atoms with E-state index in [4.69, 9.17) is 15.6 Å². The van der Waals surface area contributed by atoms with E-state index < -0.39 is 24.1 Å². The largest absolute Gasteiger partial charge is 0.445 e. The van der Waals surface area contributed by atoms with E-state index in [1.54, 1.807) is 12.1 Å². The summed E-state index contributed by atoms with van der Waals surface area (Å²) in [6.45, 7) is 1.47. The van der Waals surface area contributed by atoms with Crippen LogP contribution in [-0.2, 0) is 16.1 Å². The molecule has 7 heteroatoms. The van der Waals surface area contributed by atoms with Gasteiger partial charge in [-0.2, -0.15) is 0 Å². The minimum absolute atomic E-state index is 0.0813. The van der Waals surface area contributed by atoms with Crippen molar-refractivity contribution < 1.29 is 19.4 Å². The zero-order valence-electron chi connectivity index (χ0n) is 11.0. The lowest BCUT2D eigenvalue weighted by Gasteiger charge is -2.20. The third-order valence-corrected chi connectivity index (χ3v) is 2.44. The van der Waals surface area contributed by atoms with Crippen molar-refractivity contribution in [3.8, 4) is 0 Å². The molecule has 0 fully saturated rings. The van der Waals surface area contributed by atoms with Crippen molar-refractivity contribution in [1.29, 1.82) is 10.8 Å². The second-order valence-electron chi connectivity index (χ2n) is 4.02. The summed E-state index contributed by atoms with van der Waals surface area (Å²) >= 11 is 0. The lowest BCUT2D eigenvalue weighted by molar-refractivity contribution is 0.119. The quantitative estimate of drug-likeness (QED) is 0.463. The Kier molecular flexibility index (Phi) is 6.18. The van der Waals surface area contributed by atoms with Gasteiger partial charge in [-0.25, -0.2) is 4.79 Å². The highest BCUT2D eigenvalue weighted by molar-refractivity contribution is 5.87. The minimum Gasteiger partial charge on any atom is -0.445 e. The first kappa shape index (κ1) is 15.6. The highest BCUT2D eigenvalue weighted by Gasteiger charge is 2.24. The Morgan fingerprint density at radius 1 is 1.45 bits per heavy atom. The second kappa shape index (κ2) is 7.90. The molecule has 1 aromatic carbocycles. The van der Waals surface area contributed by atoms with E-state index in [0.29, 0.717) is 6.40 Å². The van der Waals surface area contributed by atoms with Gasteiger partial charge in [0.1, 0.15) is 12.6 Å². The molecule has 0 heterocycles. The number of benzene rings is 1. The fraction of sp³-hybridized carbons (Fsp3) is 0.308. The fourth-order valence-electron chi connectivity index (χ4n) is 1.43. The van der Waals surface area contributed by atoms with Crippen molar-refractivity contribution in [2.75, 3.05) is 0 Å². The number of ether oxygens (including phenoxy) is 2. The van der Waals surface area contributed by atoms with Gasteiger partial charge in [0.25, 0.3) is 0 Å². The normalized spacial score (nSPS) is 12.9. The van der Waals surface area contributed by atoms with E-state index in [-0.39, 0.29) is 6.61 Å². The van der Waals surface area contributed by atoms with E-state index in [9.17, 15) is 9.90 Å². The SMILES string of the molecule is C[C@@H](O)[C@H](NC(=O)OCc1ccccc1)C(=N)OC=N. The molecule has 2 atom stereocenters. The smallest absolute Gasteiger partial charge is 0.408 e. The van der Waals surface area contributed by atoms with Crippen LogP contribution < -0.4 is 5.32 Å². The van der Waals surface area contributed by atoms with Gasteiger partial charge in [0.05, 0.1) is 6.10 Å². The standard InChI is InChI=1S/C13H17N3O4/c1-9(17)11(12(15)20-8-14)16-13(18)19-7-10-5-3-2-4-6-10/h2-6,8-9,11,14-15,17H,7H2,1H3,(H,16,18)/t9-,11+/m1/s1. The van der Waals surface area contributed by atoms with Gasteiger partial charge in [-0.05, 0) is 12.5 Å². The number of amides is 1. The van der Waals surface area contributed by atoms with Crippen LogP contribution >= 0.6 is 0 Å². The Balaban J connectivity index is 2.50.